The molecule has 162 valence electrons. The van der Waals surface area contributed by atoms with Crippen molar-refractivity contribution in [2.24, 2.45) is 16.7 Å². The molecule has 0 aliphatic heterocycles. The fourth-order valence-electron chi connectivity index (χ4n) is 2.77. The number of nitrogens with zero attached hydrogens (tertiary/aromatic N) is 4. The maximum Gasteiger partial charge on any atom is 0.245 e. The summed E-state index contributed by atoms with van der Waals surface area (Å²) in [6.45, 7) is 0.858. The number of alkyl halides is 2. The molecule has 0 aliphatic carbocycles. The molecular formula is C19H24ClF2N7O. The second-order valence-corrected chi connectivity index (χ2v) is 7.30. The lowest BCUT2D eigenvalue weighted by atomic mass is 9.91. The molecule has 0 saturated heterocycles. The van der Waals surface area contributed by atoms with Gasteiger partial charge in [0, 0.05) is 19.0 Å². The summed E-state index contributed by atoms with van der Waals surface area (Å²) in [4.78, 5) is 20.7. The Morgan fingerprint density at radius 3 is 2.50 bits per heavy atom. The van der Waals surface area contributed by atoms with Gasteiger partial charge in [-0.05, 0) is 25.3 Å². The lowest BCUT2D eigenvalue weighted by Gasteiger charge is -2.18. The van der Waals surface area contributed by atoms with Gasteiger partial charge < -0.3 is 11.1 Å². The molecule has 0 spiro atoms. The molecule has 0 unspecified atom stereocenters. The van der Waals surface area contributed by atoms with Gasteiger partial charge in [0.05, 0.1) is 18.3 Å². The average molecular weight is 440 g/mol. The summed E-state index contributed by atoms with van der Waals surface area (Å²) in [5.74, 6) is 2.01. The van der Waals surface area contributed by atoms with Gasteiger partial charge in [0.1, 0.15) is 5.15 Å². The number of hydrogen-bond donors (Lipinski definition) is 3. The maximum atomic E-state index is 13.2. The van der Waals surface area contributed by atoms with E-state index in [9.17, 15) is 13.6 Å². The number of nitrogens with one attached hydrogen (secondary N) is 1. The number of carbonyl (C=O) groups is 1. The van der Waals surface area contributed by atoms with Gasteiger partial charge in [0.2, 0.25) is 11.8 Å². The van der Waals surface area contributed by atoms with Gasteiger partial charge in [-0.25, -0.2) is 29.7 Å². The normalized spacial score (nSPS) is 13.1. The van der Waals surface area contributed by atoms with Crippen molar-refractivity contribution in [3.63, 3.8) is 0 Å². The molecule has 2 rings (SSSR count). The second-order valence-electron chi connectivity index (χ2n) is 6.91. The molecule has 1 heterocycles. The fraction of sp³-hybridized carbons (Fsp3) is 0.368. The number of carbonyl (C=O) groups excluding carboxylic acids is 1. The van der Waals surface area contributed by atoms with Crippen molar-refractivity contribution >= 4 is 29.2 Å². The quantitative estimate of drug-likeness (QED) is 0.239. The zero-order valence-corrected chi connectivity index (χ0v) is 17.4. The van der Waals surface area contributed by atoms with Crippen LogP contribution < -0.4 is 16.9 Å². The number of nitrogens with two attached hydrogens (primary N) is 2. The van der Waals surface area contributed by atoms with E-state index in [4.69, 9.17) is 23.2 Å². The Labute approximate surface area is 178 Å². The van der Waals surface area contributed by atoms with E-state index in [1.807, 2.05) is 0 Å². The molecule has 0 fully saturated rings. The molecule has 2 aromatic rings. The molecule has 0 aliphatic rings. The maximum absolute atomic E-state index is 13.2. The third-order valence-corrected chi connectivity index (χ3v) is 4.37. The van der Waals surface area contributed by atoms with E-state index in [0.717, 1.165) is 12.0 Å². The van der Waals surface area contributed by atoms with E-state index < -0.39 is 11.8 Å². The number of amidine groups is 1. The lowest BCUT2D eigenvalue weighted by Crippen LogP contribution is -2.26. The van der Waals surface area contributed by atoms with Crippen LogP contribution in [0.4, 0.5) is 14.6 Å². The first-order chi connectivity index (χ1) is 14.0. The zero-order chi connectivity index (χ0) is 22.3. The van der Waals surface area contributed by atoms with Gasteiger partial charge in [-0.1, -0.05) is 35.9 Å². The van der Waals surface area contributed by atoms with E-state index in [-0.39, 0.29) is 42.0 Å². The molecular weight excluding hydrogens is 416 g/mol. The number of anilines is 1. The predicted octanol–water partition coefficient (Wildman–Crippen LogP) is 3.10. The first-order valence-corrected chi connectivity index (χ1v) is 9.52. The summed E-state index contributed by atoms with van der Waals surface area (Å²) in [5.41, 5.74) is 7.12. The van der Waals surface area contributed by atoms with Gasteiger partial charge >= 0.3 is 0 Å². The summed E-state index contributed by atoms with van der Waals surface area (Å²) in [5, 5.41) is 7.83. The highest BCUT2D eigenvalue weighted by molar-refractivity contribution is 6.29. The molecule has 1 aromatic heterocycles. The predicted molar refractivity (Wildman–Crippen MR) is 112 cm³/mol. The molecule has 1 atom stereocenters. The molecule has 0 saturated carbocycles. The van der Waals surface area contributed by atoms with E-state index in [2.05, 4.69) is 20.4 Å². The summed E-state index contributed by atoms with van der Waals surface area (Å²) in [6.07, 6.45) is 2.69. The van der Waals surface area contributed by atoms with Gasteiger partial charge in [0.25, 0.3) is 0 Å². The molecule has 0 bridgehead atoms. The van der Waals surface area contributed by atoms with Crippen LogP contribution in [0, 0.1) is 0 Å². The van der Waals surface area contributed by atoms with Crippen molar-refractivity contribution in [3.8, 4) is 0 Å². The number of hydrogen-bond acceptors (Lipinski definition) is 6. The molecule has 1 aromatic carbocycles. The smallest absolute Gasteiger partial charge is 0.245 e. The van der Waals surface area contributed by atoms with Crippen LogP contribution >= 0.6 is 11.6 Å². The van der Waals surface area contributed by atoms with Crippen molar-refractivity contribution in [3.05, 3.63) is 52.9 Å². The van der Waals surface area contributed by atoms with Crippen molar-refractivity contribution < 1.29 is 13.6 Å². The Morgan fingerprint density at radius 1 is 1.30 bits per heavy atom. The van der Waals surface area contributed by atoms with Gasteiger partial charge in [-0.15, -0.1) is 5.10 Å². The molecule has 8 nitrogen and oxygen atoms in total. The minimum atomic E-state index is -2.80. The Hall–Kier alpha value is -2.85. The highest BCUT2D eigenvalue weighted by Crippen LogP contribution is 2.28. The van der Waals surface area contributed by atoms with Crippen molar-refractivity contribution in [2.75, 3.05) is 12.4 Å². The van der Waals surface area contributed by atoms with Gasteiger partial charge in [-0.2, -0.15) is 0 Å². The van der Waals surface area contributed by atoms with E-state index in [1.165, 1.54) is 19.4 Å². The summed E-state index contributed by atoms with van der Waals surface area (Å²) < 4.78 is 26.5. The number of amides is 1. The number of halogens is 3. The van der Waals surface area contributed by atoms with Gasteiger partial charge in [-0.3, -0.25) is 4.79 Å². The highest BCUT2D eigenvalue weighted by atomic mass is 35.5. The third kappa shape index (κ3) is 7.53. The first kappa shape index (κ1) is 23.4. The Balaban J connectivity index is 2.21. The van der Waals surface area contributed by atoms with Crippen LogP contribution in [0.15, 0.2) is 41.8 Å². The van der Waals surface area contributed by atoms with E-state index in [1.54, 1.807) is 24.3 Å². The van der Waals surface area contributed by atoms with Crippen LogP contribution in [0.2, 0.25) is 5.15 Å². The Bertz CT molecular complexity index is 868. The average Bonchev–Trinajstić information content (AvgIpc) is 2.66. The third-order valence-electron chi connectivity index (χ3n) is 4.17. The standard InChI is InChI=1S/C19H24ClF2N7O/c1-19(21,22)9-3-4-14(18(30)27-16-11-25-15(20)10-26-16)12-5-7-13(8-6-12)17(23)28-29(2)24/h5-8,10-11,14H,3-4,9,24H2,1-2H3,(H2,23,28)(H,26,27,30)/t14-/m0/s1. The van der Waals surface area contributed by atoms with Crippen LogP contribution in [0.25, 0.3) is 0 Å². The lowest BCUT2D eigenvalue weighted by molar-refractivity contribution is -0.117. The van der Waals surface area contributed by atoms with E-state index >= 15 is 0 Å². The topological polar surface area (TPSA) is 123 Å². The number of aromatic nitrogens is 2. The largest absolute Gasteiger partial charge is 0.382 e. The van der Waals surface area contributed by atoms with Crippen LogP contribution in [-0.2, 0) is 4.79 Å². The number of benzene rings is 1. The molecule has 1 amide bonds. The van der Waals surface area contributed by atoms with Crippen molar-refractivity contribution in [2.45, 2.75) is 38.0 Å². The van der Waals surface area contributed by atoms with Gasteiger partial charge in [0.15, 0.2) is 11.7 Å². The number of hydrazone groups is 1. The highest BCUT2D eigenvalue weighted by Gasteiger charge is 2.25. The SMILES string of the molecule is CN(N)/N=C(\N)c1ccc([C@H](CCCC(C)(F)F)C(=O)Nc2cnc(Cl)cn2)cc1. The number of hydrazine groups is 1. The van der Waals surface area contributed by atoms with Crippen molar-refractivity contribution in [1.82, 2.24) is 15.1 Å². The second kappa shape index (κ2) is 10.3. The Morgan fingerprint density at radius 2 is 1.97 bits per heavy atom. The molecule has 11 heteroatoms. The minimum Gasteiger partial charge on any atom is -0.382 e. The first-order valence-electron chi connectivity index (χ1n) is 9.14. The van der Waals surface area contributed by atoms with Crippen LogP contribution in [-0.4, -0.2) is 39.8 Å². The number of rotatable bonds is 9. The van der Waals surface area contributed by atoms with Crippen LogP contribution in [0.3, 0.4) is 0 Å². The van der Waals surface area contributed by atoms with Crippen molar-refractivity contribution in [1.29, 1.82) is 0 Å². The van der Waals surface area contributed by atoms with Crippen LogP contribution in [0.1, 0.15) is 43.2 Å². The van der Waals surface area contributed by atoms with Crippen LogP contribution in [0.5, 0.6) is 0 Å². The molecule has 30 heavy (non-hydrogen) atoms. The molecule has 0 radical (unpaired) electrons. The summed E-state index contributed by atoms with van der Waals surface area (Å²) >= 11 is 5.70. The fourth-order valence-corrected chi connectivity index (χ4v) is 2.87. The monoisotopic (exact) mass is 439 g/mol. The Kier molecular flexibility index (Phi) is 8.01. The van der Waals surface area contributed by atoms with E-state index in [0.29, 0.717) is 11.1 Å². The minimum absolute atomic E-state index is 0.164. The summed E-state index contributed by atoms with van der Waals surface area (Å²) in [7, 11) is 1.53. The molecule has 5 N–H and O–H groups in total. The zero-order valence-electron chi connectivity index (χ0n) is 16.6. The summed E-state index contributed by atoms with van der Waals surface area (Å²) in [6, 6.07) is 6.79.